The lowest BCUT2D eigenvalue weighted by molar-refractivity contribution is -0.123. The van der Waals surface area contributed by atoms with E-state index in [0.717, 1.165) is 24.9 Å². The topological polar surface area (TPSA) is 41.1 Å². The van der Waals surface area contributed by atoms with Gasteiger partial charge in [0.25, 0.3) is 0 Å². The van der Waals surface area contributed by atoms with Crippen LogP contribution in [0.2, 0.25) is 0 Å². The van der Waals surface area contributed by atoms with E-state index in [-0.39, 0.29) is 12.4 Å². The van der Waals surface area contributed by atoms with Crippen LogP contribution in [0, 0.1) is 17.8 Å². The normalized spacial score (nSPS) is 40.0. The van der Waals surface area contributed by atoms with Gasteiger partial charge in [-0.2, -0.15) is 0 Å². The molecule has 1 saturated heterocycles. The molecule has 0 aromatic rings. The van der Waals surface area contributed by atoms with Crippen LogP contribution >= 0.6 is 12.4 Å². The highest BCUT2D eigenvalue weighted by Gasteiger charge is 2.56. The number of halogens is 1. The lowest BCUT2D eigenvalue weighted by Gasteiger charge is -2.12. The van der Waals surface area contributed by atoms with Crippen molar-refractivity contribution in [1.82, 2.24) is 10.6 Å². The summed E-state index contributed by atoms with van der Waals surface area (Å²) in [4.78, 5) is 11.8. The fourth-order valence-corrected chi connectivity index (χ4v) is 3.48. The van der Waals surface area contributed by atoms with Crippen LogP contribution in [-0.4, -0.2) is 25.0 Å². The first kappa shape index (κ1) is 12.2. The Labute approximate surface area is 103 Å². The third kappa shape index (κ3) is 2.21. The summed E-state index contributed by atoms with van der Waals surface area (Å²) in [6, 6.07) is 0.535. The molecule has 3 atom stereocenters. The third-order valence-corrected chi connectivity index (χ3v) is 4.39. The first-order valence-electron chi connectivity index (χ1n) is 6.37. The zero-order chi connectivity index (χ0) is 10.3. The van der Waals surface area contributed by atoms with Crippen LogP contribution in [0.4, 0.5) is 0 Å². The first-order chi connectivity index (χ1) is 7.36. The minimum atomic E-state index is 0. The Bertz CT molecular complexity index is 256. The van der Waals surface area contributed by atoms with Crippen molar-refractivity contribution < 1.29 is 4.79 Å². The molecule has 1 heterocycles. The molecule has 3 nitrogen and oxygen atoms in total. The average molecular weight is 245 g/mol. The minimum absolute atomic E-state index is 0. The number of hydrogen-bond donors (Lipinski definition) is 2. The van der Waals surface area contributed by atoms with Gasteiger partial charge in [0.2, 0.25) is 5.91 Å². The van der Waals surface area contributed by atoms with E-state index in [1.54, 1.807) is 0 Å². The van der Waals surface area contributed by atoms with Crippen molar-refractivity contribution in [3.63, 3.8) is 0 Å². The first-order valence-corrected chi connectivity index (χ1v) is 6.37. The van der Waals surface area contributed by atoms with Gasteiger partial charge in [-0.1, -0.05) is 6.42 Å². The molecule has 2 aliphatic carbocycles. The molecule has 0 aromatic carbocycles. The zero-order valence-corrected chi connectivity index (χ0v) is 10.4. The van der Waals surface area contributed by atoms with Gasteiger partial charge in [0.05, 0.1) is 0 Å². The fourth-order valence-electron chi connectivity index (χ4n) is 3.48. The number of hydrogen-bond acceptors (Lipinski definition) is 2. The van der Waals surface area contributed by atoms with Crippen molar-refractivity contribution in [2.75, 3.05) is 13.1 Å². The lowest BCUT2D eigenvalue weighted by atomic mass is 10.1. The maximum atomic E-state index is 11.8. The molecule has 3 aliphatic rings. The van der Waals surface area contributed by atoms with Crippen molar-refractivity contribution in [1.29, 1.82) is 0 Å². The third-order valence-electron chi connectivity index (χ3n) is 4.39. The molecule has 2 saturated carbocycles. The van der Waals surface area contributed by atoms with Gasteiger partial charge in [-0.05, 0) is 44.1 Å². The van der Waals surface area contributed by atoms with Crippen molar-refractivity contribution in [2.45, 2.75) is 38.1 Å². The van der Waals surface area contributed by atoms with Crippen molar-refractivity contribution in [3.8, 4) is 0 Å². The Morgan fingerprint density at radius 3 is 2.56 bits per heavy atom. The molecule has 3 unspecified atom stereocenters. The largest absolute Gasteiger partial charge is 0.354 e. The van der Waals surface area contributed by atoms with E-state index in [2.05, 4.69) is 10.6 Å². The van der Waals surface area contributed by atoms with Crippen LogP contribution in [0.3, 0.4) is 0 Å². The quantitative estimate of drug-likeness (QED) is 0.786. The Kier molecular flexibility index (Phi) is 3.75. The van der Waals surface area contributed by atoms with E-state index in [9.17, 15) is 4.79 Å². The highest BCUT2D eigenvalue weighted by molar-refractivity contribution is 5.85. The summed E-state index contributed by atoms with van der Waals surface area (Å²) in [6.45, 7) is 1.96. The number of amides is 1. The molecular weight excluding hydrogens is 224 g/mol. The van der Waals surface area contributed by atoms with E-state index >= 15 is 0 Å². The van der Waals surface area contributed by atoms with Gasteiger partial charge in [0.1, 0.15) is 0 Å². The van der Waals surface area contributed by atoms with E-state index in [0.29, 0.717) is 17.9 Å². The molecule has 3 rings (SSSR count). The number of nitrogens with one attached hydrogen (secondary N) is 2. The summed E-state index contributed by atoms with van der Waals surface area (Å²) in [5.41, 5.74) is 0. The summed E-state index contributed by atoms with van der Waals surface area (Å²) >= 11 is 0. The Hall–Kier alpha value is -0.280. The smallest absolute Gasteiger partial charge is 0.223 e. The number of carbonyl (C=O) groups is 1. The molecule has 0 aromatic heterocycles. The van der Waals surface area contributed by atoms with Crippen LogP contribution in [-0.2, 0) is 4.79 Å². The molecule has 1 aliphatic heterocycles. The Balaban J connectivity index is 0.000000963. The Morgan fingerprint density at radius 2 is 1.94 bits per heavy atom. The summed E-state index contributed by atoms with van der Waals surface area (Å²) < 4.78 is 0. The average Bonchev–Trinajstić information content (AvgIpc) is 2.72. The molecule has 2 N–H and O–H groups in total. The predicted octanol–water partition coefficient (Wildman–Crippen LogP) is 1.32. The SMILES string of the molecule is Cl.O=C(NCC1CCCN1)C1C2CCCC21. The number of rotatable bonds is 3. The molecule has 0 bridgehead atoms. The number of fused-ring (bicyclic) bond motifs is 1. The Morgan fingerprint density at radius 1 is 1.19 bits per heavy atom. The molecule has 1 amide bonds. The van der Waals surface area contributed by atoms with Gasteiger partial charge in [-0.15, -0.1) is 12.4 Å². The maximum Gasteiger partial charge on any atom is 0.223 e. The van der Waals surface area contributed by atoms with Gasteiger partial charge >= 0.3 is 0 Å². The van der Waals surface area contributed by atoms with Gasteiger partial charge in [0, 0.05) is 18.5 Å². The second-order valence-electron chi connectivity index (χ2n) is 5.32. The molecule has 0 spiro atoms. The van der Waals surface area contributed by atoms with Crippen molar-refractivity contribution in [2.24, 2.45) is 17.8 Å². The second kappa shape index (κ2) is 4.92. The van der Waals surface area contributed by atoms with Crippen LogP contribution in [0.5, 0.6) is 0 Å². The second-order valence-corrected chi connectivity index (χ2v) is 5.32. The molecule has 3 fully saturated rings. The van der Waals surface area contributed by atoms with Gasteiger partial charge in [0.15, 0.2) is 0 Å². The molecule has 4 heteroatoms. The van der Waals surface area contributed by atoms with E-state index in [4.69, 9.17) is 0 Å². The van der Waals surface area contributed by atoms with Crippen LogP contribution in [0.15, 0.2) is 0 Å². The van der Waals surface area contributed by atoms with Gasteiger partial charge in [-0.25, -0.2) is 0 Å². The van der Waals surface area contributed by atoms with Crippen molar-refractivity contribution in [3.05, 3.63) is 0 Å². The lowest BCUT2D eigenvalue weighted by Crippen LogP contribution is -2.38. The highest BCUT2D eigenvalue weighted by atomic mass is 35.5. The van der Waals surface area contributed by atoms with Crippen molar-refractivity contribution >= 4 is 18.3 Å². The number of carbonyl (C=O) groups excluding carboxylic acids is 1. The van der Waals surface area contributed by atoms with Gasteiger partial charge < -0.3 is 10.6 Å². The standard InChI is InChI=1S/C12H20N2O.ClH/c15-12(11-9-4-1-5-10(9)11)14-7-8-3-2-6-13-8;/h8-11,13H,1-7H2,(H,14,15);1H. The summed E-state index contributed by atoms with van der Waals surface area (Å²) in [5.74, 6) is 2.22. The summed E-state index contributed by atoms with van der Waals surface area (Å²) in [5, 5.41) is 6.52. The fraction of sp³-hybridized carbons (Fsp3) is 0.917. The van der Waals surface area contributed by atoms with E-state index in [1.807, 2.05) is 0 Å². The van der Waals surface area contributed by atoms with E-state index < -0.39 is 0 Å². The minimum Gasteiger partial charge on any atom is -0.354 e. The molecule has 16 heavy (non-hydrogen) atoms. The molecular formula is C12H21ClN2O. The van der Waals surface area contributed by atoms with Crippen LogP contribution in [0.25, 0.3) is 0 Å². The highest BCUT2D eigenvalue weighted by Crippen LogP contribution is 2.57. The molecule has 92 valence electrons. The maximum absolute atomic E-state index is 11.8. The van der Waals surface area contributed by atoms with E-state index in [1.165, 1.54) is 32.1 Å². The summed E-state index contributed by atoms with van der Waals surface area (Å²) in [7, 11) is 0. The molecule has 0 radical (unpaired) electrons. The van der Waals surface area contributed by atoms with Crippen LogP contribution < -0.4 is 10.6 Å². The van der Waals surface area contributed by atoms with Crippen LogP contribution in [0.1, 0.15) is 32.1 Å². The predicted molar refractivity (Wildman–Crippen MR) is 65.6 cm³/mol. The van der Waals surface area contributed by atoms with Gasteiger partial charge in [-0.3, -0.25) is 4.79 Å². The summed E-state index contributed by atoms with van der Waals surface area (Å²) in [6.07, 6.45) is 6.42. The zero-order valence-electron chi connectivity index (χ0n) is 9.58. The monoisotopic (exact) mass is 244 g/mol.